The number of likely N-dealkylation sites (tertiary alicyclic amines) is 1. The fourth-order valence-corrected chi connectivity index (χ4v) is 3.79. The number of benzene rings is 1. The first kappa shape index (κ1) is 20.7. The summed E-state index contributed by atoms with van der Waals surface area (Å²) in [5.74, 6) is -0.0166. The van der Waals surface area contributed by atoms with Crippen LogP contribution in [0.5, 0.6) is 0 Å². The lowest BCUT2D eigenvalue weighted by atomic mass is 10.0. The van der Waals surface area contributed by atoms with E-state index in [0.717, 1.165) is 49.8 Å². The van der Waals surface area contributed by atoms with Crippen LogP contribution in [0.15, 0.2) is 42.0 Å². The quantitative estimate of drug-likeness (QED) is 0.257. The fourth-order valence-electron chi connectivity index (χ4n) is 3.79. The summed E-state index contributed by atoms with van der Waals surface area (Å²) < 4.78 is 6.37. The highest BCUT2D eigenvalue weighted by Crippen LogP contribution is 2.20. The molecule has 0 amide bonds. The van der Waals surface area contributed by atoms with Gasteiger partial charge in [-0.15, -0.1) is 0 Å². The van der Waals surface area contributed by atoms with Crippen LogP contribution in [0.25, 0.3) is 0 Å². The number of carbonyl (C=O) groups excluding carboxylic acids is 1. The second kappa shape index (κ2) is 11.2. The molecule has 0 bridgehead atoms. The molecule has 0 spiro atoms. The summed E-state index contributed by atoms with van der Waals surface area (Å²) in [5, 5.41) is 0. The van der Waals surface area contributed by atoms with Crippen molar-refractivity contribution < 1.29 is 14.0 Å². The van der Waals surface area contributed by atoms with E-state index >= 15 is 0 Å². The van der Waals surface area contributed by atoms with Gasteiger partial charge >= 0.3 is 5.97 Å². The molecule has 1 aliphatic rings. The molecule has 1 aromatic rings. The number of unbranched alkanes of at least 4 members (excludes halogenated alkanes) is 2. The van der Waals surface area contributed by atoms with Crippen LogP contribution in [0.4, 0.5) is 0 Å². The second-order valence-corrected chi connectivity index (χ2v) is 7.83. The molecule has 0 N–H and O–H groups in total. The third-order valence-electron chi connectivity index (χ3n) is 5.39. The molecule has 3 heteroatoms. The smallest absolute Gasteiger partial charge is 0.361 e. The van der Waals surface area contributed by atoms with Crippen LogP contribution in [-0.4, -0.2) is 43.2 Å². The number of allylic oxidation sites excluding steroid dienone is 1. The Hall–Kier alpha value is -1.61. The van der Waals surface area contributed by atoms with Crippen molar-refractivity contribution in [3.05, 3.63) is 47.5 Å². The molecule has 0 unspecified atom stereocenters. The molecule has 26 heavy (non-hydrogen) atoms. The molecular weight excluding hydrogens is 322 g/mol. The predicted octanol–water partition coefficient (Wildman–Crippen LogP) is 4.91. The van der Waals surface area contributed by atoms with Gasteiger partial charge in [-0.3, -0.25) is 0 Å². The van der Waals surface area contributed by atoms with Gasteiger partial charge < -0.3 is 9.22 Å². The van der Waals surface area contributed by atoms with Gasteiger partial charge in [0.15, 0.2) is 6.54 Å². The van der Waals surface area contributed by atoms with Gasteiger partial charge in [-0.05, 0) is 50.7 Å². The Bertz CT molecular complexity index is 559. The minimum Gasteiger partial charge on any atom is -0.462 e. The molecule has 0 radical (unpaired) electrons. The lowest BCUT2D eigenvalue weighted by molar-refractivity contribution is -0.920. The molecule has 0 atom stereocenters. The van der Waals surface area contributed by atoms with Gasteiger partial charge in [0.1, 0.15) is 0 Å². The number of nitrogens with zero attached hydrogens (tertiary/aromatic N) is 1. The second-order valence-electron chi connectivity index (χ2n) is 7.83. The number of ether oxygens (including phenoxy) is 1. The van der Waals surface area contributed by atoms with E-state index in [4.69, 9.17) is 4.74 Å². The van der Waals surface area contributed by atoms with Crippen molar-refractivity contribution in [3.63, 3.8) is 0 Å². The number of hydrogen-bond donors (Lipinski definition) is 0. The van der Waals surface area contributed by atoms with Crippen molar-refractivity contribution in [2.24, 2.45) is 0 Å². The molecule has 1 saturated heterocycles. The lowest BCUT2D eigenvalue weighted by Gasteiger charge is -2.40. The van der Waals surface area contributed by atoms with Gasteiger partial charge in [0.25, 0.3) is 0 Å². The third-order valence-corrected chi connectivity index (χ3v) is 5.39. The summed E-state index contributed by atoms with van der Waals surface area (Å²) in [5.41, 5.74) is 2.73. The predicted molar refractivity (Wildman–Crippen MR) is 108 cm³/mol. The topological polar surface area (TPSA) is 26.3 Å². The Morgan fingerprint density at radius 2 is 1.85 bits per heavy atom. The van der Waals surface area contributed by atoms with Gasteiger partial charge in [-0.25, -0.2) is 4.79 Å². The summed E-state index contributed by atoms with van der Waals surface area (Å²) in [6.45, 7) is 8.62. The third kappa shape index (κ3) is 7.33. The highest BCUT2D eigenvalue weighted by molar-refractivity contribution is 5.70. The van der Waals surface area contributed by atoms with Crippen LogP contribution in [-0.2, 0) is 16.0 Å². The molecule has 1 fully saturated rings. The first-order chi connectivity index (χ1) is 12.6. The van der Waals surface area contributed by atoms with Crippen LogP contribution in [0.3, 0.4) is 0 Å². The minimum atomic E-state index is -0.0166. The van der Waals surface area contributed by atoms with Crippen molar-refractivity contribution in [2.45, 2.75) is 58.8 Å². The summed E-state index contributed by atoms with van der Waals surface area (Å²) in [4.78, 5) is 12.4. The van der Waals surface area contributed by atoms with Crippen molar-refractivity contribution in [1.82, 2.24) is 0 Å². The average molecular weight is 359 g/mol. The fraction of sp³-hybridized carbons (Fsp3) is 0.609. The summed E-state index contributed by atoms with van der Waals surface area (Å²) >= 11 is 0. The molecule has 3 nitrogen and oxygen atoms in total. The molecule has 0 aliphatic carbocycles. The molecule has 2 rings (SSSR count). The van der Waals surface area contributed by atoms with Crippen LogP contribution >= 0.6 is 0 Å². The van der Waals surface area contributed by atoms with Crippen LogP contribution in [0.1, 0.15) is 57.9 Å². The largest absolute Gasteiger partial charge is 0.462 e. The van der Waals surface area contributed by atoms with E-state index in [1.165, 1.54) is 30.4 Å². The van der Waals surface area contributed by atoms with Gasteiger partial charge in [0, 0.05) is 0 Å². The average Bonchev–Trinajstić information content (AvgIpc) is 2.65. The number of esters is 1. The summed E-state index contributed by atoms with van der Waals surface area (Å²) in [6.07, 6.45) is 10.3. The van der Waals surface area contributed by atoms with E-state index in [0.29, 0.717) is 13.2 Å². The zero-order chi connectivity index (χ0) is 18.7. The SMILES string of the molecule is CCCCCOC(=O)C[N+]1(CC=C(C)Cc2ccccc2)CCCCC1. The maximum Gasteiger partial charge on any atom is 0.361 e. The Kier molecular flexibility index (Phi) is 8.90. The van der Waals surface area contributed by atoms with Crippen molar-refractivity contribution >= 4 is 5.97 Å². The number of rotatable bonds is 10. The van der Waals surface area contributed by atoms with Crippen LogP contribution in [0.2, 0.25) is 0 Å². The summed E-state index contributed by atoms with van der Waals surface area (Å²) in [7, 11) is 0. The molecule has 0 saturated carbocycles. The van der Waals surface area contributed by atoms with E-state index in [1.807, 2.05) is 0 Å². The molecule has 144 valence electrons. The van der Waals surface area contributed by atoms with E-state index in [2.05, 4.69) is 50.3 Å². The van der Waals surface area contributed by atoms with E-state index in [9.17, 15) is 4.79 Å². The lowest BCUT2D eigenvalue weighted by Crippen LogP contribution is -2.54. The number of hydrogen-bond acceptors (Lipinski definition) is 2. The van der Waals surface area contributed by atoms with Crippen molar-refractivity contribution in [2.75, 3.05) is 32.8 Å². The Morgan fingerprint density at radius 1 is 1.12 bits per heavy atom. The van der Waals surface area contributed by atoms with Crippen molar-refractivity contribution in [1.29, 1.82) is 0 Å². The van der Waals surface area contributed by atoms with Gasteiger partial charge in [0.05, 0.1) is 26.2 Å². The maximum atomic E-state index is 12.4. The standard InChI is InChI=1S/C23H36NO2/c1-3-4-11-18-26-23(25)20-24(15-9-6-10-16-24)17-14-21(2)19-22-12-7-5-8-13-22/h5,7-8,12-14H,3-4,6,9-11,15-20H2,1-2H3/q+1. The van der Waals surface area contributed by atoms with E-state index in [1.54, 1.807) is 0 Å². The zero-order valence-electron chi connectivity index (χ0n) is 16.7. The van der Waals surface area contributed by atoms with Crippen LogP contribution < -0.4 is 0 Å². The number of piperidine rings is 1. The first-order valence-electron chi connectivity index (χ1n) is 10.3. The molecular formula is C23H36NO2+. The van der Waals surface area contributed by atoms with Crippen molar-refractivity contribution in [3.8, 4) is 0 Å². The van der Waals surface area contributed by atoms with E-state index in [-0.39, 0.29) is 5.97 Å². The maximum absolute atomic E-state index is 12.4. The number of carbonyl (C=O) groups is 1. The highest BCUT2D eigenvalue weighted by atomic mass is 16.5. The highest BCUT2D eigenvalue weighted by Gasteiger charge is 2.32. The van der Waals surface area contributed by atoms with Gasteiger partial charge in [-0.2, -0.15) is 0 Å². The van der Waals surface area contributed by atoms with E-state index < -0.39 is 0 Å². The zero-order valence-corrected chi connectivity index (χ0v) is 16.7. The Morgan fingerprint density at radius 3 is 2.54 bits per heavy atom. The molecule has 1 aromatic carbocycles. The Balaban J connectivity index is 1.90. The Labute approximate surface area is 159 Å². The molecule has 0 aromatic heterocycles. The number of quaternary nitrogens is 1. The molecule has 1 aliphatic heterocycles. The first-order valence-corrected chi connectivity index (χ1v) is 10.3. The molecule has 1 heterocycles. The normalized spacial score (nSPS) is 17.1. The minimum absolute atomic E-state index is 0.0166. The summed E-state index contributed by atoms with van der Waals surface area (Å²) in [6, 6.07) is 10.6. The van der Waals surface area contributed by atoms with Crippen LogP contribution in [0, 0.1) is 0 Å². The monoisotopic (exact) mass is 358 g/mol. The van der Waals surface area contributed by atoms with Gasteiger partial charge in [0.2, 0.25) is 0 Å². The van der Waals surface area contributed by atoms with Gasteiger partial charge in [-0.1, -0.05) is 55.7 Å².